The molecule has 1 atom stereocenters. The van der Waals surface area contributed by atoms with Gasteiger partial charge in [0.25, 0.3) is 0 Å². The molecule has 2 N–H and O–H groups in total. The first-order chi connectivity index (χ1) is 9.52. The van der Waals surface area contributed by atoms with Crippen LogP contribution >= 0.6 is 11.8 Å². The smallest absolute Gasteiger partial charge is 0.211 e. The van der Waals surface area contributed by atoms with Crippen LogP contribution in [0.4, 0.5) is 0 Å². The largest absolute Gasteiger partial charge is 0.355 e. The van der Waals surface area contributed by atoms with E-state index >= 15 is 0 Å². The molecule has 0 bridgehead atoms. The number of nitrogens with one attached hydrogen (secondary N) is 2. The van der Waals surface area contributed by atoms with Crippen molar-refractivity contribution in [3.05, 3.63) is 0 Å². The van der Waals surface area contributed by atoms with E-state index in [1.807, 2.05) is 11.8 Å². The summed E-state index contributed by atoms with van der Waals surface area (Å²) < 4.78 is 25.2. The predicted octanol–water partition coefficient (Wildman–Crippen LogP) is 0.329. The van der Waals surface area contributed by atoms with Crippen LogP contribution in [0.5, 0.6) is 0 Å². The second-order valence-corrected chi connectivity index (χ2v) is 8.12. The highest BCUT2D eigenvalue weighted by atomic mass is 32.2. The van der Waals surface area contributed by atoms with E-state index in [1.165, 1.54) is 0 Å². The number of hydrogen-bond donors (Lipinski definition) is 2. The Hall–Kier alpha value is -0.470. The van der Waals surface area contributed by atoms with Crippen molar-refractivity contribution in [2.75, 3.05) is 44.7 Å². The molecule has 1 heterocycles. The van der Waals surface area contributed by atoms with Gasteiger partial charge in [-0.2, -0.15) is 11.8 Å². The fourth-order valence-electron chi connectivity index (χ4n) is 1.97. The number of aliphatic imine (C=N–C) groups is 1. The Morgan fingerprint density at radius 2 is 2.15 bits per heavy atom. The van der Waals surface area contributed by atoms with E-state index in [1.54, 1.807) is 14.0 Å². The van der Waals surface area contributed by atoms with Gasteiger partial charge >= 0.3 is 0 Å². The van der Waals surface area contributed by atoms with Gasteiger partial charge in [0, 0.05) is 44.2 Å². The first-order valence-corrected chi connectivity index (χ1v) is 9.77. The molecule has 1 saturated heterocycles. The predicted molar refractivity (Wildman–Crippen MR) is 86.9 cm³/mol. The Morgan fingerprint density at radius 3 is 2.75 bits per heavy atom. The van der Waals surface area contributed by atoms with E-state index in [2.05, 4.69) is 26.9 Å². The summed E-state index contributed by atoms with van der Waals surface area (Å²) in [6, 6.07) is 0. The minimum atomic E-state index is -3.11. The molecule has 1 unspecified atom stereocenters. The van der Waals surface area contributed by atoms with Crippen molar-refractivity contribution in [1.82, 2.24) is 14.9 Å². The topological polar surface area (TPSA) is 73.8 Å². The fraction of sp³-hybridized carbons (Fsp3) is 0.917. The third-order valence-corrected chi connectivity index (χ3v) is 5.99. The third-order valence-electron chi connectivity index (χ3n) is 3.22. The van der Waals surface area contributed by atoms with E-state index in [0.717, 1.165) is 31.2 Å². The molecule has 6 nitrogen and oxygen atoms in total. The van der Waals surface area contributed by atoms with Gasteiger partial charge in [-0.3, -0.25) is 4.99 Å². The van der Waals surface area contributed by atoms with Gasteiger partial charge in [0.1, 0.15) is 0 Å². The SMILES string of the molecule is CCC1CN(C(=NC)NCCNS(=O)(=O)CC)CCS1. The Bertz CT molecular complexity index is 412. The van der Waals surface area contributed by atoms with Crippen molar-refractivity contribution in [2.45, 2.75) is 25.5 Å². The van der Waals surface area contributed by atoms with E-state index < -0.39 is 10.0 Å². The summed E-state index contributed by atoms with van der Waals surface area (Å²) in [7, 11) is -1.34. The van der Waals surface area contributed by atoms with E-state index in [9.17, 15) is 8.42 Å². The minimum absolute atomic E-state index is 0.114. The molecule has 118 valence electrons. The highest BCUT2D eigenvalue weighted by molar-refractivity contribution is 8.00. The third kappa shape index (κ3) is 5.88. The highest BCUT2D eigenvalue weighted by Crippen LogP contribution is 2.20. The van der Waals surface area contributed by atoms with Crippen LogP contribution in [0, 0.1) is 0 Å². The molecule has 0 aliphatic carbocycles. The number of sulfonamides is 1. The molecule has 1 aliphatic heterocycles. The van der Waals surface area contributed by atoms with Gasteiger partial charge < -0.3 is 10.2 Å². The average molecular weight is 323 g/mol. The summed E-state index contributed by atoms with van der Waals surface area (Å²) in [5, 5.41) is 3.87. The van der Waals surface area contributed by atoms with Gasteiger partial charge in [-0.25, -0.2) is 13.1 Å². The van der Waals surface area contributed by atoms with Gasteiger partial charge in [0.15, 0.2) is 5.96 Å². The Labute approximate surface area is 126 Å². The molecule has 0 saturated carbocycles. The maximum atomic E-state index is 11.3. The van der Waals surface area contributed by atoms with Crippen LogP contribution in [0.3, 0.4) is 0 Å². The van der Waals surface area contributed by atoms with Crippen LogP contribution in [0.25, 0.3) is 0 Å². The zero-order valence-corrected chi connectivity index (χ0v) is 14.2. The molecule has 0 amide bonds. The van der Waals surface area contributed by atoms with Gasteiger partial charge in [-0.05, 0) is 13.3 Å². The van der Waals surface area contributed by atoms with Gasteiger partial charge in [0.2, 0.25) is 10.0 Å². The number of nitrogens with zero attached hydrogens (tertiary/aromatic N) is 2. The summed E-state index contributed by atoms with van der Waals surface area (Å²) in [6.07, 6.45) is 1.16. The second kappa shape index (κ2) is 8.74. The summed E-state index contributed by atoms with van der Waals surface area (Å²) in [5.74, 6) is 2.09. The lowest BCUT2D eigenvalue weighted by Crippen LogP contribution is -2.49. The maximum absolute atomic E-state index is 11.3. The molecule has 0 aromatic rings. The Kier molecular flexibility index (Phi) is 7.68. The first kappa shape index (κ1) is 17.6. The maximum Gasteiger partial charge on any atom is 0.211 e. The quantitative estimate of drug-likeness (QED) is 0.419. The zero-order valence-electron chi connectivity index (χ0n) is 12.6. The van der Waals surface area contributed by atoms with Gasteiger partial charge in [0.05, 0.1) is 5.75 Å². The molecule has 1 fully saturated rings. The van der Waals surface area contributed by atoms with Gasteiger partial charge in [-0.15, -0.1) is 0 Å². The van der Waals surface area contributed by atoms with Crippen LogP contribution in [0.1, 0.15) is 20.3 Å². The highest BCUT2D eigenvalue weighted by Gasteiger charge is 2.21. The average Bonchev–Trinajstić information content (AvgIpc) is 2.47. The second-order valence-electron chi connectivity index (χ2n) is 4.62. The van der Waals surface area contributed by atoms with Crippen molar-refractivity contribution >= 4 is 27.7 Å². The molecule has 1 aliphatic rings. The summed E-state index contributed by atoms with van der Waals surface area (Å²) in [6.45, 7) is 6.76. The van der Waals surface area contributed by atoms with E-state index in [0.29, 0.717) is 18.3 Å². The molecular formula is C12H26N4O2S2. The van der Waals surface area contributed by atoms with Crippen LogP contribution in [0.2, 0.25) is 0 Å². The Balaban J connectivity index is 2.36. The molecule has 0 spiro atoms. The lowest BCUT2D eigenvalue weighted by atomic mass is 10.3. The zero-order chi connectivity index (χ0) is 15.0. The Morgan fingerprint density at radius 1 is 1.40 bits per heavy atom. The standard InChI is InChI=1S/C12H26N4O2S2/c1-4-11-10-16(8-9-19-11)12(13-3)14-6-7-15-20(17,18)5-2/h11,15H,4-10H2,1-3H3,(H,13,14). The van der Waals surface area contributed by atoms with Crippen molar-refractivity contribution in [3.63, 3.8) is 0 Å². The molecule has 8 heteroatoms. The van der Waals surface area contributed by atoms with Crippen molar-refractivity contribution in [1.29, 1.82) is 0 Å². The molecule has 0 aromatic carbocycles. The lowest BCUT2D eigenvalue weighted by molar-refractivity contribution is 0.408. The van der Waals surface area contributed by atoms with Crippen molar-refractivity contribution in [3.8, 4) is 0 Å². The summed E-state index contributed by atoms with van der Waals surface area (Å²) >= 11 is 2.01. The van der Waals surface area contributed by atoms with Crippen molar-refractivity contribution < 1.29 is 8.42 Å². The lowest BCUT2D eigenvalue weighted by Gasteiger charge is -2.34. The van der Waals surface area contributed by atoms with Gasteiger partial charge in [-0.1, -0.05) is 6.92 Å². The van der Waals surface area contributed by atoms with Crippen molar-refractivity contribution in [2.24, 2.45) is 4.99 Å². The first-order valence-electron chi connectivity index (χ1n) is 7.07. The molecule has 0 aromatic heterocycles. The fourth-order valence-corrected chi connectivity index (χ4v) is 3.77. The number of guanidine groups is 1. The summed E-state index contributed by atoms with van der Waals surface area (Å²) in [4.78, 5) is 6.53. The molecule has 0 radical (unpaired) electrons. The van der Waals surface area contributed by atoms with Crippen LogP contribution in [-0.2, 0) is 10.0 Å². The minimum Gasteiger partial charge on any atom is -0.355 e. The molecular weight excluding hydrogens is 296 g/mol. The number of rotatable bonds is 6. The van der Waals surface area contributed by atoms with Crippen LogP contribution in [-0.4, -0.2) is 69.3 Å². The number of hydrogen-bond acceptors (Lipinski definition) is 4. The number of thioether (sulfide) groups is 1. The normalized spacial score (nSPS) is 21.1. The van der Waals surface area contributed by atoms with Crippen LogP contribution in [0.15, 0.2) is 4.99 Å². The molecule has 1 rings (SSSR count). The van der Waals surface area contributed by atoms with E-state index in [4.69, 9.17) is 0 Å². The van der Waals surface area contributed by atoms with E-state index in [-0.39, 0.29) is 5.75 Å². The molecule has 20 heavy (non-hydrogen) atoms. The van der Waals surface area contributed by atoms with Crippen LogP contribution < -0.4 is 10.0 Å². The summed E-state index contributed by atoms with van der Waals surface area (Å²) in [5.41, 5.74) is 0. The monoisotopic (exact) mass is 322 g/mol.